The quantitative estimate of drug-likeness (QED) is 0.259. The van der Waals surface area contributed by atoms with Crippen molar-refractivity contribution >= 4 is 52.6 Å². The Morgan fingerprint density at radius 2 is 0.677 bits per heavy atom. The maximum absolute atomic E-state index is 10.6. The van der Waals surface area contributed by atoms with E-state index in [4.69, 9.17) is 0 Å². The molecule has 31 heavy (non-hydrogen) atoms. The van der Waals surface area contributed by atoms with Crippen LogP contribution in [0.15, 0.2) is 0 Å². The van der Waals surface area contributed by atoms with E-state index < -0.39 is 35.7 Å². The third-order valence-electron chi connectivity index (χ3n) is 4.06. The first-order valence-corrected chi connectivity index (χ1v) is 9.92. The third kappa shape index (κ3) is 19.7. The van der Waals surface area contributed by atoms with E-state index in [-0.39, 0.29) is 34.7 Å². The van der Waals surface area contributed by atoms with E-state index >= 15 is 0 Å². The number of hydrogen-bond donors (Lipinski definition) is 0. The first kappa shape index (κ1) is 36.3. The van der Waals surface area contributed by atoms with Gasteiger partial charge in [-0.1, -0.05) is 40.0 Å². The molecule has 0 N–H and O–H groups in total. The van der Waals surface area contributed by atoms with E-state index in [1.807, 2.05) is 20.8 Å². The summed E-state index contributed by atoms with van der Waals surface area (Å²) in [4.78, 5) is 62.3. The summed E-state index contributed by atoms with van der Waals surface area (Å²) >= 11 is 0. The van der Waals surface area contributed by atoms with E-state index in [1.54, 1.807) is 0 Å². The summed E-state index contributed by atoms with van der Waals surface area (Å²) in [5.74, 6) is -7.41. The average molecular weight is 456 g/mol. The number of ketones is 3. The molecule has 3 unspecified atom stereocenters. The van der Waals surface area contributed by atoms with Gasteiger partial charge in [0, 0.05) is 0 Å². The Balaban J connectivity index is -0.000000174. The number of carboxylic acids is 3. The molecule has 0 amide bonds. The molecule has 0 rings (SSSR count). The Morgan fingerprint density at radius 1 is 0.516 bits per heavy atom. The molecule has 0 saturated carbocycles. The van der Waals surface area contributed by atoms with Crippen molar-refractivity contribution in [1.29, 1.82) is 0 Å². The number of Topliss-reactive ketones (excluding diaryl/α,β-unsaturated/α-hetero) is 3. The van der Waals surface area contributed by atoms with E-state index in [9.17, 15) is 44.1 Å². The van der Waals surface area contributed by atoms with E-state index in [0.29, 0.717) is 38.5 Å². The Hall–Kier alpha value is -2.05. The van der Waals surface area contributed by atoms with Crippen LogP contribution in [-0.2, 0) is 28.8 Å². The molecule has 0 spiro atoms. The molecule has 0 aliphatic carbocycles. The second kappa shape index (κ2) is 21.2. The summed E-state index contributed by atoms with van der Waals surface area (Å²) < 4.78 is 0. The third-order valence-corrected chi connectivity index (χ3v) is 4.06. The first-order chi connectivity index (χ1) is 13.8. The summed E-state index contributed by atoms with van der Waals surface area (Å²) in [6.07, 6.45) is 3.24. The van der Waals surface area contributed by atoms with Crippen molar-refractivity contribution in [2.45, 2.75) is 80.1 Å². The Labute approximate surface area is 194 Å². The predicted molar refractivity (Wildman–Crippen MR) is 108 cm³/mol. The summed E-state index contributed by atoms with van der Waals surface area (Å²) in [6.45, 7) is 9.32. The number of hydrogen-bond acceptors (Lipinski definition) is 9. The maximum atomic E-state index is 10.6. The SMILES string of the molecule is CCCC(C(C)=O)C(=O)[O-].CCCC(C(C)=O)C(=O)[O-].CCCC(C(C)=O)C(=O)[O-].[Al+3]. The maximum Gasteiger partial charge on any atom is 3.00 e. The summed E-state index contributed by atoms with van der Waals surface area (Å²) in [6, 6.07) is 0. The number of carbonyl (C=O) groups is 6. The average Bonchev–Trinajstić information content (AvgIpc) is 2.61. The van der Waals surface area contributed by atoms with Crippen LogP contribution in [-0.4, -0.2) is 52.6 Å². The van der Waals surface area contributed by atoms with Crippen LogP contribution in [0.25, 0.3) is 0 Å². The van der Waals surface area contributed by atoms with Gasteiger partial charge in [-0.05, 0) is 40.0 Å². The van der Waals surface area contributed by atoms with Crippen molar-refractivity contribution in [3.05, 3.63) is 0 Å². The molecule has 10 heteroatoms. The Morgan fingerprint density at radius 3 is 0.710 bits per heavy atom. The molecule has 0 aliphatic rings. The van der Waals surface area contributed by atoms with Crippen molar-refractivity contribution in [2.24, 2.45) is 17.8 Å². The van der Waals surface area contributed by atoms with Gasteiger partial charge in [-0.15, -0.1) is 0 Å². The second-order valence-electron chi connectivity index (χ2n) is 6.81. The summed E-state index contributed by atoms with van der Waals surface area (Å²) in [5.41, 5.74) is 0. The molecule has 0 bridgehead atoms. The first-order valence-electron chi connectivity index (χ1n) is 9.92. The van der Waals surface area contributed by atoms with Crippen molar-refractivity contribution in [3.8, 4) is 0 Å². The molecule has 0 heterocycles. The zero-order chi connectivity index (χ0) is 24.4. The van der Waals surface area contributed by atoms with Gasteiger partial charge in [-0.25, -0.2) is 0 Å². The second-order valence-corrected chi connectivity index (χ2v) is 6.81. The normalized spacial score (nSPS) is 12.2. The molecule has 3 atom stereocenters. The molecule has 0 saturated heterocycles. The predicted octanol–water partition coefficient (Wildman–Crippen LogP) is -1.16. The molecule has 0 radical (unpaired) electrons. The van der Waals surface area contributed by atoms with Gasteiger partial charge in [0.05, 0.1) is 35.7 Å². The monoisotopic (exact) mass is 456 g/mol. The van der Waals surface area contributed by atoms with E-state index in [1.165, 1.54) is 20.8 Å². The van der Waals surface area contributed by atoms with Crippen molar-refractivity contribution < 1.29 is 44.1 Å². The molecule has 0 aliphatic heterocycles. The van der Waals surface area contributed by atoms with Gasteiger partial charge in [-0.2, -0.15) is 0 Å². The van der Waals surface area contributed by atoms with Crippen LogP contribution in [0.5, 0.6) is 0 Å². The summed E-state index contributed by atoms with van der Waals surface area (Å²) in [7, 11) is 0. The molecule has 0 aromatic heterocycles. The van der Waals surface area contributed by atoms with Gasteiger partial charge < -0.3 is 29.7 Å². The van der Waals surface area contributed by atoms with Crippen LogP contribution in [0, 0.1) is 17.8 Å². The molecular weight excluding hydrogens is 423 g/mol. The zero-order valence-electron chi connectivity index (χ0n) is 19.2. The molecular formula is C21H33AlO9. The summed E-state index contributed by atoms with van der Waals surface area (Å²) in [5, 5.41) is 30.6. The molecule has 174 valence electrons. The van der Waals surface area contributed by atoms with Gasteiger partial charge in [-0.3, -0.25) is 14.4 Å². The van der Waals surface area contributed by atoms with Crippen LogP contribution >= 0.6 is 0 Å². The Kier molecular flexibility index (Phi) is 24.8. The van der Waals surface area contributed by atoms with Crippen LogP contribution in [0.2, 0.25) is 0 Å². The smallest absolute Gasteiger partial charge is 0.549 e. The number of carboxylic acid groups (broad SMARTS) is 3. The molecule has 0 aromatic rings. The zero-order valence-corrected chi connectivity index (χ0v) is 20.4. The Bertz CT molecular complexity index is 465. The van der Waals surface area contributed by atoms with E-state index in [2.05, 4.69) is 0 Å². The molecule has 9 nitrogen and oxygen atoms in total. The van der Waals surface area contributed by atoms with Gasteiger partial charge in [0.25, 0.3) is 0 Å². The van der Waals surface area contributed by atoms with Crippen molar-refractivity contribution in [1.82, 2.24) is 0 Å². The minimum atomic E-state index is -1.26. The van der Waals surface area contributed by atoms with Gasteiger partial charge in [0.15, 0.2) is 0 Å². The fourth-order valence-electron chi connectivity index (χ4n) is 2.33. The molecule has 0 fully saturated rings. The molecule has 0 aromatic carbocycles. The van der Waals surface area contributed by atoms with Crippen molar-refractivity contribution in [2.75, 3.05) is 0 Å². The largest absolute Gasteiger partial charge is 3.00 e. The minimum absolute atomic E-state index is 0. The van der Waals surface area contributed by atoms with Crippen LogP contribution < -0.4 is 15.3 Å². The minimum Gasteiger partial charge on any atom is -0.549 e. The fraction of sp³-hybridized carbons (Fsp3) is 0.714. The topological polar surface area (TPSA) is 172 Å². The number of carbonyl (C=O) groups excluding carboxylic acids is 6. The fourth-order valence-corrected chi connectivity index (χ4v) is 2.33. The van der Waals surface area contributed by atoms with Crippen LogP contribution in [0.1, 0.15) is 80.1 Å². The van der Waals surface area contributed by atoms with Crippen LogP contribution in [0.4, 0.5) is 0 Å². The van der Waals surface area contributed by atoms with Gasteiger partial charge >= 0.3 is 17.4 Å². The number of rotatable bonds is 12. The standard InChI is InChI=1S/3C7H12O3.Al/c3*1-3-4-6(5(2)8)7(9)10;/h3*6H,3-4H2,1-2H3,(H,9,10);/q;;;+3/p-3. The van der Waals surface area contributed by atoms with Crippen molar-refractivity contribution in [3.63, 3.8) is 0 Å². The van der Waals surface area contributed by atoms with Gasteiger partial charge in [0.2, 0.25) is 0 Å². The number of aliphatic carboxylic acids is 3. The van der Waals surface area contributed by atoms with Crippen LogP contribution in [0.3, 0.4) is 0 Å². The van der Waals surface area contributed by atoms with E-state index in [0.717, 1.165) is 0 Å². The van der Waals surface area contributed by atoms with Gasteiger partial charge in [0.1, 0.15) is 17.3 Å².